The second-order valence-corrected chi connectivity index (χ2v) is 5.44. The molecular weight excluding hydrogens is 282 g/mol. The number of aromatic nitrogens is 2. The van der Waals surface area contributed by atoms with Crippen molar-refractivity contribution in [3.63, 3.8) is 0 Å². The molecule has 0 bridgehead atoms. The van der Waals surface area contributed by atoms with Crippen LogP contribution in [0.5, 0.6) is 0 Å². The molecule has 0 saturated heterocycles. The number of nitrogens with zero attached hydrogens (tertiary/aromatic N) is 2. The highest BCUT2D eigenvalue weighted by molar-refractivity contribution is 6.02. The summed E-state index contributed by atoms with van der Waals surface area (Å²) in [5.74, 6) is -0.740. The van der Waals surface area contributed by atoms with Crippen LogP contribution in [0.4, 0.5) is 5.82 Å². The number of carbonyl (C=O) groups excluding carboxylic acids is 1. The lowest BCUT2D eigenvalue weighted by molar-refractivity contribution is -0.139. The van der Waals surface area contributed by atoms with Gasteiger partial charge in [-0.25, -0.2) is 4.68 Å². The van der Waals surface area contributed by atoms with Crippen molar-refractivity contribution in [3.05, 3.63) is 35.5 Å². The SMILES string of the molecule is CCc1nn2c(c1-c1ccc(C)cc1)NC(=O)C2CC(=O)O. The highest BCUT2D eigenvalue weighted by atomic mass is 16.4. The summed E-state index contributed by atoms with van der Waals surface area (Å²) in [7, 11) is 0. The first-order chi connectivity index (χ1) is 10.5. The van der Waals surface area contributed by atoms with Gasteiger partial charge in [0.1, 0.15) is 11.9 Å². The molecule has 6 nitrogen and oxygen atoms in total. The number of amides is 1. The lowest BCUT2D eigenvalue weighted by atomic mass is 10.0. The quantitative estimate of drug-likeness (QED) is 0.908. The summed E-state index contributed by atoms with van der Waals surface area (Å²) in [6.07, 6.45) is 0.440. The number of rotatable bonds is 4. The van der Waals surface area contributed by atoms with Crippen molar-refractivity contribution in [3.8, 4) is 11.1 Å². The van der Waals surface area contributed by atoms with Gasteiger partial charge in [-0.3, -0.25) is 9.59 Å². The van der Waals surface area contributed by atoms with Crippen molar-refractivity contribution in [1.82, 2.24) is 9.78 Å². The molecule has 1 aliphatic rings. The summed E-state index contributed by atoms with van der Waals surface area (Å²) < 4.78 is 1.52. The zero-order valence-electron chi connectivity index (χ0n) is 12.5. The van der Waals surface area contributed by atoms with E-state index in [0.717, 1.165) is 22.4 Å². The third-order valence-electron chi connectivity index (χ3n) is 3.87. The van der Waals surface area contributed by atoms with Gasteiger partial charge < -0.3 is 10.4 Å². The highest BCUT2D eigenvalue weighted by Crippen LogP contribution is 2.38. The molecule has 2 aromatic rings. The van der Waals surface area contributed by atoms with Crippen LogP contribution in [0.3, 0.4) is 0 Å². The van der Waals surface area contributed by atoms with Gasteiger partial charge in [-0.05, 0) is 18.9 Å². The van der Waals surface area contributed by atoms with E-state index in [1.807, 2.05) is 38.1 Å². The number of benzene rings is 1. The Balaban J connectivity index is 2.11. The van der Waals surface area contributed by atoms with Crippen LogP contribution in [0, 0.1) is 6.92 Å². The average molecular weight is 299 g/mol. The first-order valence-electron chi connectivity index (χ1n) is 7.22. The molecule has 1 atom stereocenters. The normalized spacial score (nSPS) is 16.5. The Morgan fingerprint density at radius 1 is 1.36 bits per heavy atom. The number of carboxylic acid groups (broad SMARTS) is 1. The molecule has 3 rings (SSSR count). The van der Waals surface area contributed by atoms with E-state index in [0.29, 0.717) is 12.2 Å². The molecule has 0 fully saturated rings. The lowest BCUT2D eigenvalue weighted by Crippen LogP contribution is -2.20. The number of carbonyl (C=O) groups is 2. The van der Waals surface area contributed by atoms with Crippen LogP contribution in [-0.4, -0.2) is 26.8 Å². The zero-order valence-corrected chi connectivity index (χ0v) is 12.5. The van der Waals surface area contributed by atoms with Crippen molar-refractivity contribution in [1.29, 1.82) is 0 Å². The van der Waals surface area contributed by atoms with Crippen molar-refractivity contribution >= 4 is 17.7 Å². The predicted molar refractivity (Wildman–Crippen MR) is 81.7 cm³/mol. The van der Waals surface area contributed by atoms with Gasteiger partial charge >= 0.3 is 5.97 Å². The molecule has 1 unspecified atom stereocenters. The van der Waals surface area contributed by atoms with E-state index in [1.165, 1.54) is 4.68 Å². The number of hydrogen-bond acceptors (Lipinski definition) is 3. The minimum absolute atomic E-state index is 0.267. The molecule has 0 saturated carbocycles. The largest absolute Gasteiger partial charge is 0.481 e. The van der Waals surface area contributed by atoms with Crippen molar-refractivity contribution in [2.24, 2.45) is 0 Å². The van der Waals surface area contributed by atoms with Crippen molar-refractivity contribution in [2.75, 3.05) is 5.32 Å². The van der Waals surface area contributed by atoms with Crippen LogP contribution in [-0.2, 0) is 16.0 Å². The second kappa shape index (κ2) is 5.29. The van der Waals surface area contributed by atoms with E-state index >= 15 is 0 Å². The fourth-order valence-corrected chi connectivity index (χ4v) is 2.75. The summed E-state index contributed by atoms with van der Waals surface area (Å²) >= 11 is 0. The van der Waals surface area contributed by atoms with Gasteiger partial charge in [-0.1, -0.05) is 36.8 Å². The molecular formula is C16H17N3O3. The summed E-state index contributed by atoms with van der Waals surface area (Å²) in [5.41, 5.74) is 3.86. The number of nitrogens with one attached hydrogen (secondary N) is 1. The molecule has 114 valence electrons. The van der Waals surface area contributed by atoms with E-state index in [4.69, 9.17) is 5.11 Å². The number of anilines is 1. The number of hydrogen-bond donors (Lipinski definition) is 2. The summed E-state index contributed by atoms with van der Waals surface area (Å²) in [5, 5.41) is 16.2. The Kier molecular flexibility index (Phi) is 3.44. The maximum atomic E-state index is 12.0. The van der Waals surface area contributed by atoms with Crippen LogP contribution >= 0.6 is 0 Å². The minimum atomic E-state index is -1.02. The molecule has 1 aliphatic heterocycles. The van der Waals surface area contributed by atoms with Crippen molar-refractivity contribution < 1.29 is 14.7 Å². The molecule has 0 aliphatic carbocycles. The predicted octanol–water partition coefficient (Wildman–Crippen LogP) is 2.39. The van der Waals surface area contributed by atoms with Crippen LogP contribution < -0.4 is 5.32 Å². The van der Waals surface area contributed by atoms with Gasteiger partial charge in [0.15, 0.2) is 0 Å². The Hall–Kier alpha value is -2.63. The molecule has 0 spiro atoms. The van der Waals surface area contributed by atoms with Gasteiger partial charge in [-0.15, -0.1) is 0 Å². The molecule has 1 amide bonds. The van der Waals surface area contributed by atoms with Crippen LogP contribution in [0.25, 0.3) is 11.1 Å². The lowest BCUT2D eigenvalue weighted by Gasteiger charge is -2.05. The Morgan fingerprint density at radius 2 is 2.05 bits per heavy atom. The van der Waals surface area contributed by atoms with Crippen LogP contribution in [0.1, 0.15) is 30.6 Å². The molecule has 6 heteroatoms. The fourth-order valence-electron chi connectivity index (χ4n) is 2.75. The number of aryl methyl sites for hydroxylation is 2. The maximum absolute atomic E-state index is 12.0. The van der Waals surface area contributed by atoms with Gasteiger partial charge in [0.25, 0.3) is 5.91 Å². The average Bonchev–Trinajstić information content (AvgIpc) is 2.96. The topological polar surface area (TPSA) is 84.2 Å². The minimum Gasteiger partial charge on any atom is -0.481 e. The molecule has 0 radical (unpaired) electrons. The molecule has 22 heavy (non-hydrogen) atoms. The van der Waals surface area contributed by atoms with E-state index in [9.17, 15) is 9.59 Å². The Morgan fingerprint density at radius 3 is 2.64 bits per heavy atom. The van der Waals surface area contributed by atoms with E-state index in [-0.39, 0.29) is 12.3 Å². The fraction of sp³-hybridized carbons (Fsp3) is 0.312. The van der Waals surface area contributed by atoms with Crippen LogP contribution in [0.15, 0.2) is 24.3 Å². The zero-order chi connectivity index (χ0) is 15.9. The van der Waals surface area contributed by atoms with Crippen LogP contribution in [0.2, 0.25) is 0 Å². The number of fused-ring (bicyclic) bond motifs is 1. The third kappa shape index (κ3) is 2.26. The Bertz CT molecular complexity index is 747. The summed E-state index contributed by atoms with van der Waals surface area (Å²) in [4.78, 5) is 23.0. The van der Waals surface area contributed by atoms with Crippen molar-refractivity contribution in [2.45, 2.75) is 32.7 Å². The summed E-state index contributed by atoms with van der Waals surface area (Å²) in [6, 6.07) is 7.21. The van der Waals surface area contributed by atoms with E-state index in [1.54, 1.807) is 0 Å². The van der Waals surface area contributed by atoms with Gasteiger partial charge in [-0.2, -0.15) is 5.10 Å². The monoisotopic (exact) mass is 299 g/mol. The summed E-state index contributed by atoms with van der Waals surface area (Å²) in [6.45, 7) is 4.00. The first-order valence-corrected chi connectivity index (χ1v) is 7.22. The molecule has 2 heterocycles. The van der Waals surface area contributed by atoms with E-state index in [2.05, 4.69) is 10.4 Å². The smallest absolute Gasteiger partial charge is 0.306 e. The van der Waals surface area contributed by atoms with Gasteiger partial charge in [0, 0.05) is 5.56 Å². The second-order valence-electron chi connectivity index (χ2n) is 5.44. The van der Waals surface area contributed by atoms with Gasteiger partial charge in [0.2, 0.25) is 0 Å². The highest BCUT2D eigenvalue weighted by Gasteiger charge is 2.36. The standard InChI is InChI=1S/C16H17N3O3/c1-3-11-14(10-6-4-9(2)5-7-10)15-17-16(22)12(8-13(20)21)19(15)18-11/h4-7,12H,3,8H2,1-2H3,(H,17,22)(H,20,21). The third-order valence-corrected chi connectivity index (χ3v) is 3.87. The molecule has 1 aromatic heterocycles. The maximum Gasteiger partial charge on any atom is 0.306 e. The Labute approximate surface area is 127 Å². The molecule has 1 aromatic carbocycles. The van der Waals surface area contributed by atoms with Gasteiger partial charge in [0.05, 0.1) is 12.1 Å². The number of carboxylic acids is 1. The first kappa shape index (κ1) is 14.3. The van der Waals surface area contributed by atoms with E-state index < -0.39 is 12.0 Å². The molecule has 2 N–H and O–H groups in total. The number of aliphatic carboxylic acids is 1.